The maximum Gasteiger partial charge on any atom is 0.338 e. The number of anilines is 1. The quantitative estimate of drug-likeness (QED) is 0.567. The summed E-state index contributed by atoms with van der Waals surface area (Å²) in [5.41, 5.74) is 1.83. The van der Waals surface area contributed by atoms with Gasteiger partial charge in [-0.15, -0.1) is 0 Å². The summed E-state index contributed by atoms with van der Waals surface area (Å²) in [4.78, 5) is 50.7. The molecule has 1 fully saturated rings. The van der Waals surface area contributed by atoms with Crippen LogP contribution in [0.5, 0.6) is 0 Å². The molecule has 0 spiro atoms. The number of nitrogens with one attached hydrogen (secondary N) is 1. The summed E-state index contributed by atoms with van der Waals surface area (Å²) in [5.74, 6) is -2.00. The third kappa shape index (κ3) is 6.66. The van der Waals surface area contributed by atoms with Crippen molar-refractivity contribution in [2.45, 2.75) is 33.2 Å². The second-order valence-electron chi connectivity index (χ2n) is 8.76. The largest absolute Gasteiger partial charge is 0.462 e. The molecule has 0 aliphatic carbocycles. The molecule has 1 heterocycles. The van der Waals surface area contributed by atoms with Crippen molar-refractivity contribution < 1.29 is 28.7 Å². The minimum absolute atomic E-state index is 0.0615. The van der Waals surface area contributed by atoms with Gasteiger partial charge in [0.15, 0.2) is 6.61 Å². The zero-order valence-corrected chi connectivity index (χ0v) is 19.7. The Morgan fingerprint density at radius 2 is 1.68 bits per heavy atom. The molecule has 0 saturated carbocycles. The fourth-order valence-corrected chi connectivity index (χ4v) is 3.64. The van der Waals surface area contributed by atoms with Crippen molar-refractivity contribution in [2.24, 2.45) is 11.8 Å². The lowest BCUT2D eigenvalue weighted by Crippen LogP contribution is -2.30. The maximum atomic E-state index is 12.4. The molecule has 1 aliphatic heterocycles. The molecule has 8 heteroatoms. The van der Waals surface area contributed by atoms with E-state index in [-0.39, 0.29) is 30.8 Å². The van der Waals surface area contributed by atoms with E-state index in [1.54, 1.807) is 29.2 Å². The van der Waals surface area contributed by atoms with Gasteiger partial charge in [0.05, 0.1) is 24.1 Å². The topological polar surface area (TPSA) is 102 Å². The number of benzene rings is 2. The summed E-state index contributed by atoms with van der Waals surface area (Å²) >= 11 is 0. The number of hydrogen-bond acceptors (Lipinski definition) is 6. The molecule has 1 aliphatic rings. The fourth-order valence-electron chi connectivity index (χ4n) is 3.64. The predicted octanol–water partition coefficient (Wildman–Crippen LogP) is 3.59. The van der Waals surface area contributed by atoms with Gasteiger partial charge in [-0.3, -0.25) is 14.4 Å². The number of hydrogen-bond donors (Lipinski definition) is 1. The molecule has 0 unspecified atom stereocenters. The number of carbonyl (C=O) groups excluding carboxylic acids is 4. The number of esters is 2. The van der Waals surface area contributed by atoms with Crippen molar-refractivity contribution in [2.75, 3.05) is 25.1 Å². The summed E-state index contributed by atoms with van der Waals surface area (Å²) < 4.78 is 10.3. The van der Waals surface area contributed by atoms with Crippen LogP contribution in [0.4, 0.5) is 5.69 Å². The van der Waals surface area contributed by atoms with Gasteiger partial charge >= 0.3 is 11.9 Å². The minimum atomic E-state index is -0.609. The highest BCUT2D eigenvalue weighted by molar-refractivity contribution is 5.95. The lowest BCUT2D eigenvalue weighted by atomic mass is 10.1. The van der Waals surface area contributed by atoms with E-state index in [2.05, 4.69) is 5.32 Å². The van der Waals surface area contributed by atoms with Crippen LogP contribution in [0.25, 0.3) is 0 Å². The highest BCUT2D eigenvalue weighted by Crippen LogP contribution is 2.29. The van der Waals surface area contributed by atoms with Crippen LogP contribution < -0.4 is 5.32 Å². The van der Waals surface area contributed by atoms with Gasteiger partial charge in [-0.2, -0.15) is 0 Å². The van der Waals surface area contributed by atoms with Crippen molar-refractivity contribution in [1.29, 1.82) is 0 Å². The summed E-state index contributed by atoms with van der Waals surface area (Å²) in [7, 11) is 0. The zero-order valence-electron chi connectivity index (χ0n) is 19.7. The Morgan fingerprint density at radius 3 is 2.32 bits per heavy atom. The molecule has 1 saturated heterocycles. The van der Waals surface area contributed by atoms with Crippen LogP contribution in [-0.4, -0.2) is 48.4 Å². The Morgan fingerprint density at radius 1 is 1.00 bits per heavy atom. The van der Waals surface area contributed by atoms with Gasteiger partial charge in [0, 0.05) is 18.7 Å². The molecule has 0 bridgehead atoms. The highest BCUT2D eigenvalue weighted by Gasteiger charge is 2.38. The lowest BCUT2D eigenvalue weighted by molar-refractivity contribution is -0.151. The first-order valence-corrected chi connectivity index (χ1v) is 11.3. The van der Waals surface area contributed by atoms with Gasteiger partial charge in [0.1, 0.15) is 0 Å². The van der Waals surface area contributed by atoms with Crippen LogP contribution in [0, 0.1) is 11.8 Å². The van der Waals surface area contributed by atoms with E-state index >= 15 is 0 Å². The average Bonchev–Trinajstić information content (AvgIpc) is 3.23. The highest BCUT2D eigenvalue weighted by atomic mass is 16.5. The third-order valence-corrected chi connectivity index (χ3v) is 5.54. The van der Waals surface area contributed by atoms with Crippen molar-refractivity contribution in [3.63, 3.8) is 0 Å². The fraction of sp³-hybridized carbons (Fsp3) is 0.385. The van der Waals surface area contributed by atoms with Crippen LogP contribution in [0.15, 0.2) is 54.6 Å². The van der Waals surface area contributed by atoms with E-state index in [0.717, 1.165) is 5.56 Å². The van der Waals surface area contributed by atoms with E-state index in [9.17, 15) is 19.2 Å². The molecule has 2 aromatic rings. The number of amides is 2. The monoisotopic (exact) mass is 466 g/mol. The first-order chi connectivity index (χ1) is 16.2. The summed E-state index contributed by atoms with van der Waals surface area (Å²) in [6, 6.07) is 15.7. The Labute approximate surface area is 199 Å². The van der Waals surface area contributed by atoms with E-state index in [0.29, 0.717) is 17.9 Å². The van der Waals surface area contributed by atoms with Gasteiger partial charge in [0.25, 0.3) is 5.91 Å². The molecule has 2 aromatic carbocycles. The standard InChI is InChI=1S/C26H30N2O6/c1-17(2)15-33-25(31)20-9-11-22(12-10-20)27-23(29)16-34-26(32)21-13-24(30)28(14-21)18(3)19-7-5-4-6-8-19/h4-12,17-18,21H,13-16H2,1-3H3,(H,27,29)/t18-,21-/m0/s1. The van der Waals surface area contributed by atoms with Crippen molar-refractivity contribution >= 4 is 29.4 Å². The first kappa shape index (κ1) is 25.0. The van der Waals surface area contributed by atoms with Gasteiger partial charge in [-0.1, -0.05) is 44.2 Å². The summed E-state index contributed by atoms with van der Waals surface area (Å²) in [5, 5.41) is 2.62. The number of likely N-dealkylation sites (tertiary alicyclic amines) is 1. The van der Waals surface area contributed by atoms with Crippen LogP contribution in [0.2, 0.25) is 0 Å². The van der Waals surface area contributed by atoms with Crippen LogP contribution in [0.3, 0.4) is 0 Å². The predicted molar refractivity (Wildman–Crippen MR) is 126 cm³/mol. The average molecular weight is 467 g/mol. The van der Waals surface area contributed by atoms with Crippen LogP contribution in [0.1, 0.15) is 49.2 Å². The summed E-state index contributed by atoms with van der Waals surface area (Å²) in [6.07, 6.45) is 0.0615. The normalized spacial score (nSPS) is 16.3. The molecule has 3 rings (SSSR count). The van der Waals surface area contributed by atoms with Crippen LogP contribution >= 0.6 is 0 Å². The second-order valence-corrected chi connectivity index (χ2v) is 8.76. The molecular weight excluding hydrogens is 436 g/mol. The number of nitrogens with zero attached hydrogens (tertiary/aromatic N) is 1. The lowest BCUT2D eigenvalue weighted by Gasteiger charge is -2.25. The van der Waals surface area contributed by atoms with Crippen molar-refractivity contribution in [3.8, 4) is 0 Å². The Kier molecular flexibility index (Phi) is 8.40. The van der Waals surface area contributed by atoms with E-state index in [1.807, 2.05) is 51.1 Å². The Bertz CT molecular complexity index is 1020. The summed E-state index contributed by atoms with van der Waals surface area (Å²) in [6.45, 7) is 5.94. The molecule has 1 N–H and O–H groups in total. The number of rotatable bonds is 9. The van der Waals surface area contributed by atoms with E-state index < -0.39 is 30.4 Å². The Hall–Kier alpha value is -3.68. The smallest absolute Gasteiger partial charge is 0.338 e. The number of carbonyl (C=O) groups is 4. The molecule has 2 atom stereocenters. The minimum Gasteiger partial charge on any atom is -0.462 e. The van der Waals surface area contributed by atoms with Gasteiger partial charge < -0.3 is 19.7 Å². The molecule has 34 heavy (non-hydrogen) atoms. The second kappa shape index (κ2) is 11.4. The van der Waals surface area contributed by atoms with Crippen LogP contribution in [-0.2, 0) is 23.9 Å². The zero-order chi connectivity index (χ0) is 24.7. The molecule has 0 aromatic heterocycles. The van der Waals surface area contributed by atoms with Gasteiger partial charge in [-0.25, -0.2) is 4.79 Å². The molecule has 8 nitrogen and oxygen atoms in total. The van der Waals surface area contributed by atoms with Crippen molar-refractivity contribution in [3.05, 3.63) is 65.7 Å². The van der Waals surface area contributed by atoms with E-state index in [4.69, 9.17) is 9.47 Å². The first-order valence-electron chi connectivity index (χ1n) is 11.3. The molecule has 2 amide bonds. The third-order valence-electron chi connectivity index (χ3n) is 5.54. The molecular formula is C26H30N2O6. The molecule has 0 radical (unpaired) electrons. The SMILES string of the molecule is CC(C)COC(=O)c1ccc(NC(=O)COC(=O)[C@H]2CC(=O)N([C@@H](C)c3ccccc3)C2)cc1. The molecule has 180 valence electrons. The Balaban J connectivity index is 1.45. The van der Waals surface area contributed by atoms with Crippen molar-refractivity contribution in [1.82, 2.24) is 4.90 Å². The van der Waals surface area contributed by atoms with E-state index in [1.165, 1.54) is 0 Å². The maximum absolute atomic E-state index is 12.4. The van der Waals surface area contributed by atoms with Gasteiger partial charge in [0.2, 0.25) is 5.91 Å². The van der Waals surface area contributed by atoms with Gasteiger partial charge in [-0.05, 0) is 42.7 Å². The number of ether oxygens (including phenoxy) is 2.